The number of methoxy groups -OCH3 is 1. The Labute approximate surface area is 223 Å². The predicted molar refractivity (Wildman–Crippen MR) is 145 cm³/mol. The molecule has 1 saturated heterocycles. The van der Waals surface area contributed by atoms with E-state index in [-0.39, 0.29) is 17.4 Å². The van der Waals surface area contributed by atoms with E-state index in [2.05, 4.69) is 0 Å². The summed E-state index contributed by atoms with van der Waals surface area (Å²) in [5.74, 6) is 1.77. The Hall–Kier alpha value is -4.00. The van der Waals surface area contributed by atoms with E-state index >= 15 is 0 Å². The summed E-state index contributed by atoms with van der Waals surface area (Å²) in [6, 6.07) is 20.9. The predicted octanol–water partition coefficient (Wildman–Crippen LogP) is 5.11. The number of benzene rings is 3. The maximum Gasteiger partial charge on any atom is 0.254 e. The van der Waals surface area contributed by atoms with Crippen molar-refractivity contribution in [2.24, 2.45) is 0 Å². The molecule has 0 aromatic heterocycles. The van der Waals surface area contributed by atoms with Crippen LogP contribution in [-0.2, 0) is 6.61 Å². The molecule has 0 radical (unpaired) electrons. The van der Waals surface area contributed by atoms with Gasteiger partial charge in [-0.05, 0) is 68.1 Å². The molecule has 1 saturated carbocycles. The molecule has 2 aliphatic rings. The minimum absolute atomic E-state index is 0.0258. The van der Waals surface area contributed by atoms with Crippen LogP contribution >= 0.6 is 0 Å². The molecule has 198 valence electrons. The van der Waals surface area contributed by atoms with Crippen molar-refractivity contribution >= 4 is 11.8 Å². The van der Waals surface area contributed by atoms with Crippen molar-refractivity contribution in [3.05, 3.63) is 89.0 Å². The molecular weight excluding hydrogens is 480 g/mol. The van der Waals surface area contributed by atoms with E-state index in [4.69, 9.17) is 14.2 Å². The number of carbonyl (C=O) groups is 2. The number of ether oxygens (including phenoxy) is 3. The van der Waals surface area contributed by atoms with Gasteiger partial charge in [-0.15, -0.1) is 0 Å². The largest absolute Gasteiger partial charge is 0.494 e. The van der Waals surface area contributed by atoms with E-state index in [0.717, 1.165) is 24.0 Å². The average molecular weight is 515 g/mol. The quantitative estimate of drug-likeness (QED) is 0.418. The number of rotatable bonds is 8. The first-order chi connectivity index (χ1) is 18.4. The summed E-state index contributed by atoms with van der Waals surface area (Å²) >= 11 is 0. The summed E-state index contributed by atoms with van der Waals surface area (Å²) in [6.45, 7) is 6.27. The zero-order valence-corrected chi connectivity index (χ0v) is 22.2. The minimum atomic E-state index is -0.319. The summed E-state index contributed by atoms with van der Waals surface area (Å²) in [7, 11) is 1.60. The molecule has 1 heterocycles. The van der Waals surface area contributed by atoms with E-state index in [9.17, 15) is 9.59 Å². The van der Waals surface area contributed by atoms with Gasteiger partial charge in [0.25, 0.3) is 11.8 Å². The van der Waals surface area contributed by atoms with Gasteiger partial charge in [0.05, 0.1) is 19.3 Å². The van der Waals surface area contributed by atoms with Gasteiger partial charge in [0, 0.05) is 30.8 Å². The van der Waals surface area contributed by atoms with Gasteiger partial charge in [-0.3, -0.25) is 9.59 Å². The molecule has 0 N–H and O–H groups in total. The maximum absolute atomic E-state index is 13.9. The lowest BCUT2D eigenvalue weighted by Gasteiger charge is -2.42. The maximum atomic E-state index is 13.9. The number of nitrogens with zero attached hydrogens (tertiary/aromatic N) is 2. The summed E-state index contributed by atoms with van der Waals surface area (Å²) in [6.07, 6.45) is 1.77. The molecule has 2 fully saturated rings. The fourth-order valence-electron chi connectivity index (χ4n) is 5.15. The van der Waals surface area contributed by atoms with Crippen molar-refractivity contribution in [3.8, 4) is 17.2 Å². The second kappa shape index (κ2) is 10.8. The molecule has 0 atom stereocenters. The molecule has 1 aliphatic carbocycles. The van der Waals surface area contributed by atoms with Gasteiger partial charge in [-0.1, -0.05) is 36.4 Å². The van der Waals surface area contributed by atoms with Crippen molar-refractivity contribution in [3.63, 3.8) is 0 Å². The fourth-order valence-corrected chi connectivity index (χ4v) is 5.15. The lowest BCUT2D eigenvalue weighted by molar-refractivity contribution is 0.0332. The van der Waals surface area contributed by atoms with Crippen LogP contribution in [0.3, 0.4) is 0 Å². The standard InChI is InChI=1S/C31H34N2O5/c1-4-37-25-12-8-11-24(18-25)29(34)32-15-16-33(31(21-32)13-14-31)30(35)26-19-28(27(36-3)17-22(26)2)38-20-23-9-6-5-7-10-23/h5-12,17-19H,4,13-16,20-21H2,1-3H3. The highest BCUT2D eigenvalue weighted by Gasteiger charge is 2.54. The summed E-state index contributed by atoms with van der Waals surface area (Å²) in [4.78, 5) is 31.0. The SMILES string of the molecule is CCOc1cccc(C(=O)N2CCN(C(=O)c3cc(OCc4ccccc4)c(OC)cc3C)C3(CC3)C2)c1. The van der Waals surface area contributed by atoms with Gasteiger partial charge >= 0.3 is 0 Å². The number of piperazine rings is 1. The number of aryl methyl sites for hydroxylation is 1. The Bertz CT molecular complexity index is 1320. The van der Waals surface area contributed by atoms with Gasteiger partial charge in [0.2, 0.25) is 0 Å². The molecule has 5 rings (SSSR count). The van der Waals surface area contributed by atoms with Crippen LogP contribution in [0, 0.1) is 6.92 Å². The van der Waals surface area contributed by atoms with Gasteiger partial charge < -0.3 is 24.0 Å². The zero-order chi connectivity index (χ0) is 26.7. The Balaban J connectivity index is 1.33. The second-order valence-corrected chi connectivity index (χ2v) is 9.96. The highest BCUT2D eigenvalue weighted by atomic mass is 16.5. The van der Waals surface area contributed by atoms with Crippen LogP contribution < -0.4 is 14.2 Å². The normalized spacial score (nSPS) is 15.8. The fraction of sp³-hybridized carbons (Fsp3) is 0.355. The van der Waals surface area contributed by atoms with Gasteiger partial charge in [-0.2, -0.15) is 0 Å². The van der Waals surface area contributed by atoms with Crippen LogP contribution in [-0.4, -0.2) is 60.5 Å². The van der Waals surface area contributed by atoms with Crippen molar-refractivity contribution < 1.29 is 23.8 Å². The highest BCUT2D eigenvalue weighted by Crippen LogP contribution is 2.46. The number of hydrogen-bond acceptors (Lipinski definition) is 5. The first-order valence-electron chi connectivity index (χ1n) is 13.1. The van der Waals surface area contributed by atoms with Crippen LogP contribution in [0.25, 0.3) is 0 Å². The molecule has 38 heavy (non-hydrogen) atoms. The summed E-state index contributed by atoms with van der Waals surface area (Å²) in [5.41, 5.74) is 2.76. The van der Waals surface area contributed by atoms with Crippen LogP contribution in [0.1, 0.15) is 51.6 Å². The summed E-state index contributed by atoms with van der Waals surface area (Å²) < 4.78 is 17.2. The number of carbonyl (C=O) groups excluding carboxylic acids is 2. The molecule has 0 bridgehead atoms. The molecule has 1 spiro atoms. The van der Waals surface area contributed by atoms with E-state index in [1.54, 1.807) is 19.2 Å². The van der Waals surface area contributed by atoms with E-state index in [1.165, 1.54) is 0 Å². The van der Waals surface area contributed by atoms with Crippen LogP contribution in [0.2, 0.25) is 0 Å². The molecule has 7 nitrogen and oxygen atoms in total. The Morgan fingerprint density at radius 1 is 0.895 bits per heavy atom. The number of hydrogen-bond donors (Lipinski definition) is 0. The second-order valence-electron chi connectivity index (χ2n) is 9.96. The van der Waals surface area contributed by atoms with E-state index in [0.29, 0.717) is 61.2 Å². The van der Waals surface area contributed by atoms with Crippen molar-refractivity contribution in [1.29, 1.82) is 0 Å². The van der Waals surface area contributed by atoms with Crippen molar-refractivity contribution in [2.75, 3.05) is 33.4 Å². The molecule has 1 aliphatic heterocycles. The third-order valence-corrected chi connectivity index (χ3v) is 7.38. The van der Waals surface area contributed by atoms with Crippen molar-refractivity contribution in [1.82, 2.24) is 9.80 Å². The van der Waals surface area contributed by atoms with E-state index < -0.39 is 0 Å². The highest BCUT2D eigenvalue weighted by molar-refractivity contribution is 5.98. The lowest BCUT2D eigenvalue weighted by atomic mass is 10.0. The first kappa shape index (κ1) is 25.6. The smallest absolute Gasteiger partial charge is 0.254 e. The van der Waals surface area contributed by atoms with Crippen LogP contribution in [0.5, 0.6) is 17.2 Å². The number of amides is 2. The average Bonchev–Trinajstić information content (AvgIpc) is 3.71. The van der Waals surface area contributed by atoms with Crippen LogP contribution in [0.15, 0.2) is 66.7 Å². The Morgan fingerprint density at radius 2 is 1.68 bits per heavy atom. The van der Waals surface area contributed by atoms with Crippen LogP contribution in [0.4, 0.5) is 0 Å². The molecule has 3 aromatic carbocycles. The lowest BCUT2D eigenvalue weighted by Crippen LogP contribution is -2.58. The Kier molecular flexibility index (Phi) is 7.27. The topological polar surface area (TPSA) is 68.3 Å². The van der Waals surface area contributed by atoms with E-state index in [1.807, 2.05) is 78.2 Å². The third kappa shape index (κ3) is 5.19. The zero-order valence-electron chi connectivity index (χ0n) is 22.2. The monoisotopic (exact) mass is 514 g/mol. The van der Waals surface area contributed by atoms with Gasteiger partial charge in [-0.25, -0.2) is 0 Å². The first-order valence-corrected chi connectivity index (χ1v) is 13.1. The van der Waals surface area contributed by atoms with Gasteiger partial charge in [0.1, 0.15) is 12.4 Å². The van der Waals surface area contributed by atoms with Gasteiger partial charge in [0.15, 0.2) is 11.5 Å². The third-order valence-electron chi connectivity index (χ3n) is 7.38. The van der Waals surface area contributed by atoms with Crippen molar-refractivity contribution in [2.45, 2.75) is 38.8 Å². The molecule has 7 heteroatoms. The minimum Gasteiger partial charge on any atom is -0.494 e. The molecule has 0 unspecified atom stereocenters. The molecular formula is C31H34N2O5. The Morgan fingerprint density at radius 3 is 2.39 bits per heavy atom. The molecule has 2 amide bonds. The molecule has 3 aromatic rings. The summed E-state index contributed by atoms with van der Waals surface area (Å²) in [5, 5.41) is 0.